The molecule has 1 heterocycles. The third-order valence-corrected chi connectivity index (χ3v) is 4.74. The molecule has 0 aromatic carbocycles. The molecule has 1 aromatic heterocycles. The average Bonchev–Trinajstić information content (AvgIpc) is 2.50. The summed E-state index contributed by atoms with van der Waals surface area (Å²) in [5.74, 6) is 0.320. The van der Waals surface area contributed by atoms with Crippen molar-refractivity contribution in [3.63, 3.8) is 0 Å². The number of pyridine rings is 1. The summed E-state index contributed by atoms with van der Waals surface area (Å²) in [4.78, 5) is 25.8. The predicted molar refractivity (Wildman–Crippen MR) is 84.0 cm³/mol. The second-order valence-electron chi connectivity index (χ2n) is 5.68. The Morgan fingerprint density at radius 1 is 1.38 bits per heavy atom. The molecule has 1 saturated carbocycles. The second-order valence-corrected chi connectivity index (χ2v) is 6.59. The number of amides is 1. The van der Waals surface area contributed by atoms with Crippen molar-refractivity contribution in [3.8, 4) is 0 Å². The van der Waals surface area contributed by atoms with Crippen molar-refractivity contribution in [2.75, 3.05) is 13.7 Å². The van der Waals surface area contributed by atoms with Crippen LogP contribution in [0.25, 0.3) is 0 Å². The molecule has 0 radical (unpaired) electrons. The fraction of sp³-hybridized carbons (Fsp3) is 0.600. The van der Waals surface area contributed by atoms with E-state index in [0.717, 1.165) is 30.2 Å². The minimum absolute atomic E-state index is 0.0531. The van der Waals surface area contributed by atoms with Crippen LogP contribution in [-0.4, -0.2) is 40.2 Å². The van der Waals surface area contributed by atoms with E-state index in [9.17, 15) is 9.59 Å². The summed E-state index contributed by atoms with van der Waals surface area (Å²) in [6.07, 6.45) is 5.38. The predicted octanol–water partition coefficient (Wildman–Crippen LogP) is 1.62. The Labute approximate surface area is 132 Å². The smallest absolute Gasteiger partial charge is 0.251 e. The summed E-state index contributed by atoms with van der Waals surface area (Å²) >= 11 is 3.31. The molecule has 116 valence electrons. The first-order valence-corrected chi connectivity index (χ1v) is 8.03. The summed E-state index contributed by atoms with van der Waals surface area (Å²) in [5.41, 5.74) is -0.177. The highest BCUT2D eigenvalue weighted by Crippen LogP contribution is 2.26. The van der Waals surface area contributed by atoms with Crippen molar-refractivity contribution in [3.05, 3.63) is 33.2 Å². The van der Waals surface area contributed by atoms with Gasteiger partial charge < -0.3 is 14.6 Å². The molecule has 21 heavy (non-hydrogen) atoms. The van der Waals surface area contributed by atoms with E-state index in [4.69, 9.17) is 5.11 Å². The van der Waals surface area contributed by atoms with Gasteiger partial charge in [0.15, 0.2) is 0 Å². The van der Waals surface area contributed by atoms with Crippen LogP contribution in [0.3, 0.4) is 0 Å². The molecule has 0 aliphatic heterocycles. The van der Waals surface area contributed by atoms with Gasteiger partial charge in [0.05, 0.1) is 0 Å². The van der Waals surface area contributed by atoms with Gasteiger partial charge in [0.1, 0.15) is 6.54 Å². The van der Waals surface area contributed by atoms with Crippen LogP contribution >= 0.6 is 15.9 Å². The van der Waals surface area contributed by atoms with Crippen molar-refractivity contribution < 1.29 is 9.90 Å². The lowest BCUT2D eigenvalue weighted by molar-refractivity contribution is -0.133. The summed E-state index contributed by atoms with van der Waals surface area (Å²) in [7, 11) is 1.80. The number of hydrogen-bond donors (Lipinski definition) is 1. The molecule has 0 saturated heterocycles. The molecule has 6 heteroatoms. The summed E-state index contributed by atoms with van der Waals surface area (Å²) in [5, 5.41) is 9.15. The third kappa shape index (κ3) is 4.17. The second kappa shape index (κ2) is 7.22. The van der Waals surface area contributed by atoms with Crippen LogP contribution < -0.4 is 5.56 Å². The summed E-state index contributed by atoms with van der Waals surface area (Å²) in [6, 6.07) is 3.33. The minimum Gasteiger partial charge on any atom is -0.396 e. The summed E-state index contributed by atoms with van der Waals surface area (Å²) < 4.78 is 2.20. The summed E-state index contributed by atoms with van der Waals surface area (Å²) in [6.45, 7) is 0.298. The molecular formula is C15H21BrN2O3. The number of aliphatic hydroxyl groups excluding tert-OH is 1. The topological polar surface area (TPSA) is 62.5 Å². The maximum Gasteiger partial charge on any atom is 0.251 e. The molecule has 0 unspecified atom stereocenters. The van der Waals surface area contributed by atoms with Crippen molar-refractivity contribution in [1.29, 1.82) is 0 Å². The first-order valence-electron chi connectivity index (χ1n) is 7.23. The van der Waals surface area contributed by atoms with Gasteiger partial charge in [-0.25, -0.2) is 0 Å². The molecule has 1 amide bonds. The lowest BCUT2D eigenvalue weighted by Crippen LogP contribution is -2.42. The molecule has 1 aliphatic rings. The van der Waals surface area contributed by atoms with Crippen molar-refractivity contribution in [1.82, 2.24) is 9.47 Å². The van der Waals surface area contributed by atoms with Gasteiger partial charge in [-0.15, -0.1) is 0 Å². The fourth-order valence-corrected chi connectivity index (χ4v) is 3.18. The number of likely N-dealkylation sites (N-methyl/N-ethyl adjacent to an activating group) is 1. The third-order valence-electron chi connectivity index (χ3n) is 4.27. The van der Waals surface area contributed by atoms with Gasteiger partial charge in [-0.05, 0) is 53.6 Å². The molecule has 1 N–H and O–H groups in total. The first-order chi connectivity index (χ1) is 10.0. The number of nitrogens with zero attached hydrogens (tertiary/aromatic N) is 2. The van der Waals surface area contributed by atoms with Crippen LogP contribution in [0.2, 0.25) is 0 Å². The van der Waals surface area contributed by atoms with E-state index in [0.29, 0.717) is 5.92 Å². The molecule has 1 fully saturated rings. The number of carbonyl (C=O) groups is 1. The van der Waals surface area contributed by atoms with E-state index in [1.165, 1.54) is 10.6 Å². The molecule has 1 aliphatic carbocycles. The Hall–Kier alpha value is -1.14. The maximum absolute atomic E-state index is 12.3. The van der Waals surface area contributed by atoms with Crippen LogP contribution in [-0.2, 0) is 11.3 Å². The van der Waals surface area contributed by atoms with Gasteiger partial charge in [-0.1, -0.05) is 0 Å². The van der Waals surface area contributed by atoms with E-state index < -0.39 is 0 Å². The molecule has 0 bridgehead atoms. The molecule has 1 aromatic rings. The van der Waals surface area contributed by atoms with Gasteiger partial charge in [-0.3, -0.25) is 9.59 Å². The van der Waals surface area contributed by atoms with Gasteiger partial charge in [0.2, 0.25) is 5.91 Å². The molecular weight excluding hydrogens is 336 g/mol. The Morgan fingerprint density at radius 3 is 2.67 bits per heavy atom. The molecule has 5 nitrogen and oxygen atoms in total. The first kappa shape index (κ1) is 16.2. The number of aromatic nitrogens is 1. The quantitative estimate of drug-likeness (QED) is 0.891. The number of aliphatic hydroxyl groups is 1. The Morgan fingerprint density at radius 2 is 2.05 bits per heavy atom. The lowest BCUT2D eigenvalue weighted by atomic mass is 9.86. The molecule has 0 spiro atoms. The highest BCUT2D eigenvalue weighted by molar-refractivity contribution is 9.10. The lowest BCUT2D eigenvalue weighted by Gasteiger charge is -2.34. The number of carbonyl (C=O) groups excluding carboxylic acids is 1. The maximum atomic E-state index is 12.3. The Kier molecular flexibility index (Phi) is 5.58. The standard InChI is InChI=1S/C15H21BrN2O3/c1-17(13-5-2-11(10-19)3-6-13)15(21)9-18-8-12(16)4-7-14(18)20/h4,7-8,11,13,19H,2-3,5-6,9-10H2,1H3. The SMILES string of the molecule is CN(C(=O)Cn1cc(Br)ccc1=O)C1CCC(CO)CC1. The van der Waals surface area contributed by atoms with Crippen LogP contribution in [0.1, 0.15) is 25.7 Å². The van der Waals surface area contributed by atoms with E-state index >= 15 is 0 Å². The molecule has 2 rings (SSSR count). The van der Waals surface area contributed by atoms with Crippen molar-refractivity contribution >= 4 is 21.8 Å². The highest BCUT2D eigenvalue weighted by atomic mass is 79.9. The normalized spacial score (nSPS) is 22.0. The van der Waals surface area contributed by atoms with Crippen LogP contribution in [0.4, 0.5) is 0 Å². The van der Waals surface area contributed by atoms with Gasteiger partial charge in [-0.2, -0.15) is 0 Å². The molecule has 0 atom stereocenters. The number of halogens is 1. The van der Waals surface area contributed by atoms with Gasteiger partial charge in [0, 0.05) is 36.4 Å². The van der Waals surface area contributed by atoms with E-state index in [1.54, 1.807) is 24.2 Å². The van der Waals surface area contributed by atoms with Crippen molar-refractivity contribution in [2.24, 2.45) is 5.92 Å². The van der Waals surface area contributed by atoms with E-state index in [-0.39, 0.29) is 30.7 Å². The van der Waals surface area contributed by atoms with Crippen LogP contribution in [0.5, 0.6) is 0 Å². The zero-order chi connectivity index (χ0) is 15.4. The monoisotopic (exact) mass is 356 g/mol. The van der Waals surface area contributed by atoms with Crippen molar-refractivity contribution in [2.45, 2.75) is 38.3 Å². The van der Waals surface area contributed by atoms with Crippen LogP contribution in [0.15, 0.2) is 27.6 Å². The van der Waals surface area contributed by atoms with Gasteiger partial charge >= 0.3 is 0 Å². The van der Waals surface area contributed by atoms with Crippen LogP contribution in [0, 0.1) is 5.92 Å². The fourth-order valence-electron chi connectivity index (χ4n) is 2.80. The zero-order valence-electron chi connectivity index (χ0n) is 12.2. The average molecular weight is 357 g/mol. The Bertz CT molecular complexity index is 550. The van der Waals surface area contributed by atoms with E-state index in [1.807, 2.05) is 0 Å². The largest absolute Gasteiger partial charge is 0.396 e. The Balaban J connectivity index is 1.97. The van der Waals surface area contributed by atoms with E-state index in [2.05, 4.69) is 15.9 Å². The minimum atomic E-state index is -0.177. The number of hydrogen-bond acceptors (Lipinski definition) is 3. The zero-order valence-corrected chi connectivity index (χ0v) is 13.8. The van der Waals surface area contributed by atoms with Gasteiger partial charge in [0.25, 0.3) is 5.56 Å². The number of rotatable bonds is 4. The highest BCUT2D eigenvalue weighted by Gasteiger charge is 2.26.